The van der Waals surface area contributed by atoms with Crippen LogP contribution >= 0.6 is 0 Å². The number of aromatic nitrogens is 2. The van der Waals surface area contributed by atoms with E-state index in [4.69, 9.17) is 19.7 Å². The summed E-state index contributed by atoms with van der Waals surface area (Å²) < 4.78 is 15.7. The lowest BCUT2D eigenvalue weighted by Crippen LogP contribution is -2.21. The van der Waals surface area contributed by atoms with Crippen molar-refractivity contribution in [3.8, 4) is 17.2 Å². The van der Waals surface area contributed by atoms with Gasteiger partial charge in [0.2, 0.25) is 5.82 Å². The molecule has 6 nitrogen and oxygen atoms in total. The molecule has 0 aliphatic heterocycles. The second kappa shape index (κ2) is 4.89. The molecule has 0 radical (unpaired) electrons. The Morgan fingerprint density at radius 2 is 2.00 bits per heavy atom. The molecule has 102 valence electrons. The third-order valence-corrected chi connectivity index (χ3v) is 2.97. The molecule has 0 saturated heterocycles. The number of rotatable bonds is 4. The highest BCUT2D eigenvalue weighted by atomic mass is 16.5. The van der Waals surface area contributed by atoms with Crippen LogP contribution in [0.5, 0.6) is 5.75 Å². The first-order chi connectivity index (χ1) is 8.97. The van der Waals surface area contributed by atoms with Crippen molar-refractivity contribution in [2.45, 2.75) is 19.4 Å². The molecule has 1 aromatic heterocycles. The Balaban J connectivity index is 2.43. The highest BCUT2D eigenvalue weighted by molar-refractivity contribution is 5.72. The Labute approximate surface area is 111 Å². The van der Waals surface area contributed by atoms with Crippen molar-refractivity contribution in [2.75, 3.05) is 20.0 Å². The number of hydrogen-bond donors (Lipinski definition) is 1. The average molecular weight is 263 g/mol. The quantitative estimate of drug-likeness (QED) is 0.851. The summed E-state index contributed by atoms with van der Waals surface area (Å²) in [6.07, 6.45) is 0. The number of anilines is 1. The standard InChI is InChI=1S/C13H17N3O3/c1-13(2,18-4)12-15-11(19-16-12)9-7-8(17-3)5-6-10(9)14/h5-7H,14H2,1-4H3. The number of nitrogens with two attached hydrogens (primary N) is 1. The topological polar surface area (TPSA) is 83.4 Å². The summed E-state index contributed by atoms with van der Waals surface area (Å²) in [5, 5.41) is 3.92. The van der Waals surface area contributed by atoms with Gasteiger partial charge in [-0.05, 0) is 32.0 Å². The van der Waals surface area contributed by atoms with Crippen LogP contribution in [0.3, 0.4) is 0 Å². The van der Waals surface area contributed by atoms with E-state index in [-0.39, 0.29) is 0 Å². The number of nitrogens with zero attached hydrogens (tertiary/aromatic N) is 2. The molecule has 19 heavy (non-hydrogen) atoms. The van der Waals surface area contributed by atoms with E-state index in [0.29, 0.717) is 28.7 Å². The van der Waals surface area contributed by atoms with Crippen molar-refractivity contribution in [3.05, 3.63) is 24.0 Å². The Morgan fingerprint density at radius 1 is 1.26 bits per heavy atom. The van der Waals surface area contributed by atoms with E-state index in [2.05, 4.69) is 10.1 Å². The zero-order chi connectivity index (χ0) is 14.0. The van der Waals surface area contributed by atoms with E-state index in [0.717, 1.165) is 0 Å². The first kappa shape index (κ1) is 13.4. The number of ether oxygens (including phenoxy) is 2. The molecular formula is C13H17N3O3. The van der Waals surface area contributed by atoms with Gasteiger partial charge in [0.25, 0.3) is 5.89 Å². The van der Waals surface area contributed by atoms with Gasteiger partial charge < -0.3 is 19.7 Å². The van der Waals surface area contributed by atoms with Crippen molar-refractivity contribution in [3.63, 3.8) is 0 Å². The highest BCUT2D eigenvalue weighted by Gasteiger charge is 2.27. The van der Waals surface area contributed by atoms with Crippen molar-refractivity contribution in [2.24, 2.45) is 0 Å². The van der Waals surface area contributed by atoms with Gasteiger partial charge in [0.05, 0.1) is 12.7 Å². The summed E-state index contributed by atoms with van der Waals surface area (Å²) in [4.78, 5) is 4.32. The van der Waals surface area contributed by atoms with Gasteiger partial charge in [-0.2, -0.15) is 4.98 Å². The van der Waals surface area contributed by atoms with E-state index in [1.54, 1.807) is 32.4 Å². The number of methoxy groups -OCH3 is 2. The first-order valence-electron chi connectivity index (χ1n) is 5.81. The molecule has 0 atom stereocenters. The van der Waals surface area contributed by atoms with Crippen molar-refractivity contribution < 1.29 is 14.0 Å². The minimum Gasteiger partial charge on any atom is -0.497 e. The Hall–Kier alpha value is -2.08. The van der Waals surface area contributed by atoms with Crippen LogP contribution in [0, 0.1) is 0 Å². The zero-order valence-corrected chi connectivity index (χ0v) is 11.4. The van der Waals surface area contributed by atoms with Crippen molar-refractivity contribution >= 4 is 5.69 Å². The fourth-order valence-electron chi connectivity index (χ4n) is 1.52. The van der Waals surface area contributed by atoms with E-state index in [9.17, 15) is 0 Å². The van der Waals surface area contributed by atoms with Gasteiger partial charge in [-0.25, -0.2) is 0 Å². The molecule has 0 saturated carbocycles. The normalized spacial score (nSPS) is 11.6. The van der Waals surface area contributed by atoms with Gasteiger partial charge in [0, 0.05) is 12.8 Å². The summed E-state index contributed by atoms with van der Waals surface area (Å²) in [6, 6.07) is 5.27. The summed E-state index contributed by atoms with van der Waals surface area (Å²) in [7, 11) is 3.18. The van der Waals surface area contributed by atoms with Gasteiger partial charge in [0.15, 0.2) is 0 Å². The van der Waals surface area contributed by atoms with E-state index >= 15 is 0 Å². The zero-order valence-electron chi connectivity index (χ0n) is 11.4. The smallest absolute Gasteiger partial charge is 0.260 e. The van der Waals surface area contributed by atoms with Gasteiger partial charge in [-0.15, -0.1) is 0 Å². The molecular weight excluding hydrogens is 246 g/mol. The van der Waals surface area contributed by atoms with Crippen LogP contribution < -0.4 is 10.5 Å². The average Bonchev–Trinajstić information content (AvgIpc) is 2.89. The lowest BCUT2D eigenvalue weighted by molar-refractivity contribution is 0.00973. The van der Waals surface area contributed by atoms with E-state index < -0.39 is 5.60 Å². The Bertz CT molecular complexity index is 578. The summed E-state index contributed by atoms with van der Waals surface area (Å²) in [5.74, 6) is 1.48. The molecule has 0 bridgehead atoms. The molecule has 1 aromatic carbocycles. The first-order valence-corrected chi connectivity index (χ1v) is 5.81. The third kappa shape index (κ3) is 2.53. The number of hydrogen-bond acceptors (Lipinski definition) is 6. The Morgan fingerprint density at radius 3 is 2.63 bits per heavy atom. The maximum atomic E-state index is 5.91. The van der Waals surface area contributed by atoms with Crippen LogP contribution in [0.1, 0.15) is 19.7 Å². The van der Waals surface area contributed by atoms with Crippen LogP contribution in [-0.4, -0.2) is 24.4 Å². The summed E-state index contributed by atoms with van der Waals surface area (Å²) in [5.41, 5.74) is 6.49. The monoisotopic (exact) mass is 263 g/mol. The van der Waals surface area contributed by atoms with Crippen LogP contribution in [0.15, 0.2) is 22.7 Å². The molecule has 2 rings (SSSR count). The SMILES string of the molecule is COc1ccc(N)c(-c2nc(C(C)(C)OC)no2)c1. The second-order valence-electron chi connectivity index (χ2n) is 4.59. The molecule has 0 aliphatic carbocycles. The minimum absolute atomic E-state index is 0.344. The molecule has 2 N–H and O–H groups in total. The van der Waals surface area contributed by atoms with Crippen molar-refractivity contribution in [1.29, 1.82) is 0 Å². The van der Waals surface area contributed by atoms with Crippen LogP contribution in [-0.2, 0) is 10.3 Å². The number of nitrogen functional groups attached to an aromatic ring is 1. The predicted molar refractivity (Wildman–Crippen MR) is 70.7 cm³/mol. The van der Waals surface area contributed by atoms with E-state index in [1.165, 1.54) is 0 Å². The maximum Gasteiger partial charge on any atom is 0.260 e. The van der Waals surface area contributed by atoms with E-state index in [1.807, 2.05) is 13.8 Å². The summed E-state index contributed by atoms with van der Waals surface area (Å²) in [6.45, 7) is 3.72. The molecule has 0 spiro atoms. The molecule has 6 heteroatoms. The second-order valence-corrected chi connectivity index (χ2v) is 4.59. The lowest BCUT2D eigenvalue weighted by atomic mass is 10.1. The van der Waals surface area contributed by atoms with Crippen LogP contribution in [0.4, 0.5) is 5.69 Å². The largest absolute Gasteiger partial charge is 0.497 e. The van der Waals surface area contributed by atoms with Gasteiger partial charge in [-0.3, -0.25) is 0 Å². The lowest BCUT2D eigenvalue weighted by Gasteiger charge is -2.17. The number of benzene rings is 1. The van der Waals surface area contributed by atoms with Gasteiger partial charge >= 0.3 is 0 Å². The highest BCUT2D eigenvalue weighted by Crippen LogP contribution is 2.30. The van der Waals surface area contributed by atoms with Crippen LogP contribution in [0.2, 0.25) is 0 Å². The van der Waals surface area contributed by atoms with Gasteiger partial charge in [0.1, 0.15) is 11.4 Å². The van der Waals surface area contributed by atoms with Crippen molar-refractivity contribution in [1.82, 2.24) is 10.1 Å². The summed E-state index contributed by atoms with van der Waals surface area (Å²) >= 11 is 0. The molecule has 0 amide bonds. The molecule has 0 fully saturated rings. The molecule has 0 aliphatic rings. The molecule has 1 heterocycles. The fraction of sp³-hybridized carbons (Fsp3) is 0.385. The van der Waals surface area contributed by atoms with Gasteiger partial charge in [-0.1, -0.05) is 5.16 Å². The minimum atomic E-state index is -0.616. The third-order valence-electron chi connectivity index (χ3n) is 2.97. The van der Waals surface area contributed by atoms with Crippen LogP contribution in [0.25, 0.3) is 11.5 Å². The predicted octanol–water partition coefficient (Wildman–Crippen LogP) is 2.21. The molecule has 0 unspecified atom stereocenters. The maximum absolute atomic E-state index is 5.91. The fourth-order valence-corrected chi connectivity index (χ4v) is 1.52. The Kier molecular flexibility index (Phi) is 3.44. The molecule has 2 aromatic rings.